The molecule has 11 nitrogen and oxygen atoms in total. The van der Waals surface area contributed by atoms with Crippen LogP contribution in [0, 0.1) is 0 Å². The normalized spacial score (nSPS) is 12.1. The summed E-state index contributed by atoms with van der Waals surface area (Å²) in [7, 11) is -1.86. The summed E-state index contributed by atoms with van der Waals surface area (Å²) in [6.07, 6.45) is -0.587. The van der Waals surface area contributed by atoms with E-state index < -0.39 is 33.9 Å². The van der Waals surface area contributed by atoms with Crippen molar-refractivity contribution < 1.29 is 32.2 Å². The molecule has 0 fully saturated rings. The van der Waals surface area contributed by atoms with Gasteiger partial charge in [-0.1, -0.05) is 6.07 Å². The first-order valence-corrected chi connectivity index (χ1v) is 8.78. The number of methoxy groups -OCH3 is 2. The quantitative estimate of drug-likeness (QED) is 0.598. The molecule has 0 saturated heterocycles. The lowest BCUT2D eigenvalue weighted by Crippen LogP contribution is -2.36. The number of carbonyl (C=O) groups excluding carboxylic acids is 1. The number of nitrogens with zero attached hydrogens (tertiary/aromatic N) is 3. The second kappa shape index (κ2) is 8.55. The average Bonchev–Trinajstić information content (AvgIpc) is 2.66. The van der Waals surface area contributed by atoms with Crippen molar-refractivity contribution >= 4 is 22.0 Å². The van der Waals surface area contributed by atoms with Gasteiger partial charge in [-0.25, -0.2) is 18.9 Å². The van der Waals surface area contributed by atoms with Crippen molar-refractivity contribution in [3.05, 3.63) is 30.0 Å². The van der Waals surface area contributed by atoms with Crippen LogP contribution in [0.5, 0.6) is 11.8 Å². The number of nitrogens with one attached hydrogen (secondary N) is 2. The van der Waals surface area contributed by atoms with E-state index in [1.165, 1.54) is 32.4 Å². The third-order valence-corrected chi connectivity index (χ3v) is 4.41. The molecule has 0 saturated carbocycles. The van der Waals surface area contributed by atoms with E-state index in [0.29, 0.717) is 0 Å². The summed E-state index contributed by atoms with van der Waals surface area (Å²) in [4.78, 5) is 23.3. The zero-order valence-corrected chi connectivity index (χ0v) is 15.0. The van der Waals surface area contributed by atoms with Crippen molar-refractivity contribution in [3.63, 3.8) is 0 Å². The third kappa shape index (κ3) is 4.98. The highest BCUT2D eigenvalue weighted by atomic mass is 32.2. The van der Waals surface area contributed by atoms with E-state index in [2.05, 4.69) is 20.3 Å². The number of pyridine rings is 1. The van der Waals surface area contributed by atoms with Gasteiger partial charge in [0.05, 0.1) is 20.3 Å². The fraction of sp³-hybridized carbons (Fsp3) is 0.286. The monoisotopic (exact) mass is 401 g/mol. The number of anilines is 1. The van der Waals surface area contributed by atoms with Crippen LogP contribution in [-0.2, 0) is 10.0 Å². The summed E-state index contributed by atoms with van der Waals surface area (Å²) >= 11 is 0. The van der Waals surface area contributed by atoms with Crippen molar-refractivity contribution in [1.29, 1.82) is 0 Å². The van der Waals surface area contributed by atoms with Gasteiger partial charge in [0.15, 0.2) is 5.03 Å². The Kier molecular flexibility index (Phi) is 6.41. The molecule has 0 aromatic carbocycles. The lowest BCUT2D eigenvalue weighted by atomic mass is 10.2. The van der Waals surface area contributed by atoms with Gasteiger partial charge in [-0.05, 0) is 6.07 Å². The predicted molar refractivity (Wildman–Crippen MR) is 89.6 cm³/mol. The number of sulfonamides is 1. The van der Waals surface area contributed by atoms with Gasteiger partial charge >= 0.3 is 6.03 Å². The van der Waals surface area contributed by atoms with E-state index in [1.54, 1.807) is 4.72 Å². The number of ether oxygens (including phenoxy) is 2. The molecule has 1 unspecified atom stereocenters. The molecule has 0 aliphatic carbocycles. The Balaban J connectivity index is 2.23. The summed E-state index contributed by atoms with van der Waals surface area (Å²) in [5, 5.41) is 11.0. The maximum atomic E-state index is 12.7. The van der Waals surface area contributed by atoms with Crippen LogP contribution in [0.3, 0.4) is 0 Å². The van der Waals surface area contributed by atoms with Crippen LogP contribution in [0.2, 0.25) is 0 Å². The van der Waals surface area contributed by atoms with Gasteiger partial charge in [0.25, 0.3) is 10.0 Å². The van der Waals surface area contributed by atoms with Gasteiger partial charge in [0.2, 0.25) is 17.7 Å². The van der Waals surface area contributed by atoms with Gasteiger partial charge < -0.3 is 14.6 Å². The average molecular weight is 401 g/mol. The molecule has 0 aliphatic rings. The number of hydrogen-bond donors (Lipinski definition) is 3. The molecule has 2 heterocycles. The Morgan fingerprint density at radius 2 is 1.93 bits per heavy atom. The van der Waals surface area contributed by atoms with Gasteiger partial charge in [0.1, 0.15) is 12.8 Å². The van der Waals surface area contributed by atoms with Crippen LogP contribution in [-0.4, -0.2) is 55.4 Å². The number of aliphatic hydroxyl groups excluding tert-OH is 1. The molecule has 2 amide bonds. The Morgan fingerprint density at radius 1 is 1.30 bits per heavy atom. The maximum Gasteiger partial charge on any atom is 0.335 e. The first-order chi connectivity index (χ1) is 12.8. The summed E-state index contributed by atoms with van der Waals surface area (Å²) in [6, 6.07) is 2.64. The molecular formula is C14H16FN5O6S. The molecule has 0 aliphatic heterocycles. The van der Waals surface area contributed by atoms with Crippen LogP contribution in [0.15, 0.2) is 29.4 Å². The van der Waals surface area contributed by atoms with Crippen molar-refractivity contribution in [2.45, 2.75) is 11.1 Å². The lowest BCUT2D eigenvalue weighted by molar-refractivity contribution is 0.138. The number of carbonyl (C=O) groups is 1. The van der Waals surface area contributed by atoms with Crippen LogP contribution in [0.1, 0.15) is 11.7 Å². The highest BCUT2D eigenvalue weighted by Crippen LogP contribution is 2.21. The largest absolute Gasteiger partial charge is 0.481 e. The summed E-state index contributed by atoms with van der Waals surface area (Å²) in [5.41, 5.74) is -0.292. The Bertz CT molecular complexity index is 904. The predicted octanol–water partition coefficient (Wildman–Crippen LogP) is 0.402. The number of urea groups is 1. The molecule has 0 spiro atoms. The maximum absolute atomic E-state index is 12.7. The van der Waals surface area contributed by atoms with E-state index in [1.807, 2.05) is 0 Å². The minimum Gasteiger partial charge on any atom is -0.481 e. The van der Waals surface area contributed by atoms with E-state index >= 15 is 0 Å². The number of rotatable bonds is 7. The Hall–Kier alpha value is -3.06. The summed E-state index contributed by atoms with van der Waals surface area (Å²) in [6.45, 7) is -1.22. The second-order valence-electron chi connectivity index (χ2n) is 4.90. The van der Waals surface area contributed by atoms with Crippen LogP contribution >= 0.6 is 0 Å². The van der Waals surface area contributed by atoms with E-state index in [9.17, 15) is 22.7 Å². The molecule has 3 N–H and O–H groups in total. The standard InChI is InChI=1S/C14H16FN5O6S/c1-25-10-6-11(26-2)18-13(17-10)19-14(22)20-27(23,24)12-8(9(21)7-15)4-3-5-16-12/h3-6,9,21H,7H2,1-2H3,(H2,17,18,19,20,22). The highest BCUT2D eigenvalue weighted by molar-refractivity contribution is 7.90. The van der Waals surface area contributed by atoms with Crippen molar-refractivity contribution in [3.8, 4) is 11.8 Å². The van der Waals surface area contributed by atoms with Crippen molar-refractivity contribution in [2.75, 3.05) is 26.2 Å². The molecule has 1 atom stereocenters. The number of halogens is 1. The van der Waals surface area contributed by atoms with Gasteiger partial charge in [0, 0.05) is 11.8 Å². The van der Waals surface area contributed by atoms with E-state index in [-0.39, 0.29) is 23.3 Å². The van der Waals surface area contributed by atoms with E-state index in [4.69, 9.17) is 9.47 Å². The number of alkyl halides is 1. The van der Waals surface area contributed by atoms with Gasteiger partial charge in [-0.15, -0.1) is 0 Å². The van der Waals surface area contributed by atoms with E-state index in [0.717, 1.165) is 6.20 Å². The smallest absolute Gasteiger partial charge is 0.335 e. The molecule has 2 aromatic rings. The van der Waals surface area contributed by atoms with Crippen LogP contribution in [0.25, 0.3) is 0 Å². The molecular weight excluding hydrogens is 385 g/mol. The zero-order valence-electron chi connectivity index (χ0n) is 14.2. The highest BCUT2D eigenvalue weighted by Gasteiger charge is 2.26. The van der Waals surface area contributed by atoms with Gasteiger partial charge in [-0.3, -0.25) is 5.32 Å². The SMILES string of the molecule is COc1cc(OC)nc(NC(=O)NS(=O)(=O)c2ncccc2C(O)CF)n1. The molecule has 0 bridgehead atoms. The fourth-order valence-corrected chi connectivity index (χ4v) is 3.04. The number of amides is 2. The van der Waals surface area contributed by atoms with Crippen LogP contribution < -0.4 is 19.5 Å². The lowest BCUT2D eigenvalue weighted by Gasteiger charge is -2.13. The molecule has 27 heavy (non-hydrogen) atoms. The minimum absolute atomic E-state index is 0.0677. The van der Waals surface area contributed by atoms with Gasteiger partial charge in [-0.2, -0.15) is 18.4 Å². The third-order valence-electron chi connectivity index (χ3n) is 3.11. The number of aliphatic hydroxyl groups is 1. The fourth-order valence-electron chi connectivity index (χ4n) is 1.93. The van der Waals surface area contributed by atoms with Crippen LogP contribution in [0.4, 0.5) is 15.1 Å². The summed E-state index contributed by atoms with van der Waals surface area (Å²) < 4.78 is 48.9. The number of aromatic nitrogens is 3. The summed E-state index contributed by atoms with van der Waals surface area (Å²) in [5.74, 6) is -0.153. The van der Waals surface area contributed by atoms with Crippen molar-refractivity contribution in [2.24, 2.45) is 0 Å². The molecule has 13 heteroatoms. The number of hydrogen-bond acceptors (Lipinski definition) is 9. The molecule has 146 valence electrons. The first kappa shape index (κ1) is 20.3. The Labute approximate surface area is 153 Å². The Morgan fingerprint density at radius 3 is 2.48 bits per heavy atom. The molecule has 2 rings (SSSR count). The molecule has 2 aromatic heterocycles. The second-order valence-corrected chi connectivity index (χ2v) is 6.50. The zero-order chi connectivity index (χ0) is 20.0. The molecule has 0 radical (unpaired) electrons. The first-order valence-electron chi connectivity index (χ1n) is 7.30. The topological polar surface area (TPSA) is 153 Å². The van der Waals surface area contributed by atoms with Crippen molar-refractivity contribution in [1.82, 2.24) is 19.7 Å². The minimum atomic E-state index is -4.51.